The van der Waals surface area contributed by atoms with Crippen LogP contribution in [0, 0.1) is 27.7 Å². The molecule has 0 bridgehead atoms. The molecule has 128 valence electrons. The summed E-state index contributed by atoms with van der Waals surface area (Å²) in [7, 11) is 0. The summed E-state index contributed by atoms with van der Waals surface area (Å²) in [5.41, 5.74) is 9.75. The summed E-state index contributed by atoms with van der Waals surface area (Å²) >= 11 is 0. The second-order valence-corrected chi connectivity index (χ2v) is 6.69. The third kappa shape index (κ3) is 3.43. The van der Waals surface area contributed by atoms with Gasteiger partial charge >= 0.3 is 0 Å². The second-order valence-electron chi connectivity index (χ2n) is 6.69. The third-order valence-electron chi connectivity index (χ3n) is 4.79. The zero-order valence-electron chi connectivity index (χ0n) is 15.8. The molecule has 0 radical (unpaired) electrons. The molecule has 25 heavy (non-hydrogen) atoms. The Morgan fingerprint density at radius 2 is 1.72 bits per heavy atom. The van der Waals surface area contributed by atoms with Crippen LogP contribution in [0.4, 0.5) is 5.69 Å². The molecule has 0 spiro atoms. The van der Waals surface area contributed by atoms with Crippen LogP contribution in [-0.2, 0) is 6.42 Å². The van der Waals surface area contributed by atoms with E-state index in [4.69, 9.17) is 4.99 Å². The molecule has 1 heterocycles. The fourth-order valence-corrected chi connectivity index (χ4v) is 3.31. The highest BCUT2D eigenvalue weighted by Crippen LogP contribution is 2.24. The average Bonchev–Trinajstić information content (AvgIpc) is 2.89. The number of hydrogen-bond donors (Lipinski definition) is 0. The van der Waals surface area contributed by atoms with Gasteiger partial charge in [-0.05, 0) is 69.0 Å². The minimum atomic E-state index is 1.03. The van der Waals surface area contributed by atoms with Crippen molar-refractivity contribution in [1.82, 2.24) is 4.57 Å². The Bertz CT molecular complexity index is 929. The highest BCUT2D eigenvalue weighted by atomic mass is 15.0. The molecule has 0 saturated heterocycles. The molecule has 0 fully saturated rings. The molecule has 0 aliphatic carbocycles. The van der Waals surface area contributed by atoms with Crippen molar-refractivity contribution in [3.63, 3.8) is 0 Å². The van der Waals surface area contributed by atoms with E-state index >= 15 is 0 Å². The van der Waals surface area contributed by atoms with Crippen molar-refractivity contribution in [2.24, 2.45) is 4.99 Å². The van der Waals surface area contributed by atoms with E-state index in [9.17, 15) is 0 Å². The Labute approximate surface area is 150 Å². The first kappa shape index (κ1) is 17.2. The van der Waals surface area contributed by atoms with Gasteiger partial charge in [0.05, 0.1) is 5.69 Å². The summed E-state index contributed by atoms with van der Waals surface area (Å²) < 4.78 is 2.34. The van der Waals surface area contributed by atoms with Crippen LogP contribution in [0.2, 0.25) is 0 Å². The first-order valence-corrected chi connectivity index (χ1v) is 8.89. The van der Waals surface area contributed by atoms with Crippen molar-refractivity contribution in [2.45, 2.75) is 41.0 Å². The van der Waals surface area contributed by atoms with Gasteiger partial charge in [-0.2, -0.15) is 0 Å². The molecule has 0 unspecified atom stereocenters. The lowest BCUT2D eigenvalue weighted by Gasteiger charge is -2.13. The first-order chi connectivity index (χ1) is 12.0. The fraction of sp³-hybridized carbons (Fsp3) is 0.261. The van der Waals surface area contributed by atoms with Crippen LogP contribution in [0.1, 0.15) is 40.6 Å². The Balaban J connectivity index is 2.03. The van der Waals surface area contributed by atoms with Crippen molar-refractivity contribution in [1.29, 1.82) is 0 Å². The SMILES string of the molecule is CCc1ccccc1-n1c(C)cc(C=Nc2cc(C)ccc2C)c1C. The normalized spacial score (nSPS) is 11.4. The summed E-state index contributed by atoms with van der Waals surface area (Å²) in [6.07, 6.45) is 3.02. The summed E-state index contributed by atoms with van der Waals surface area (Å²) in [4.78, 5) is 4.75. The molecular formula is C23H26N2. The predicted molar refractivity (Wildman–Crippen MR) is 108 cm³/mol. The van der Waals surface area contributed by atoms with E-state index in [2.05, 4.69) is 87.7 Å². The fourth-order valence-electron chi connectivity index (χ4n) is 3.31. The van der Waals surface area contributed by atoms with E-state index in [1.807, 2.05) is 6.21 Å². The highest BCUT2D eigenvalue weighted by molar-refractivity contribution is 5.84. The van der Waals surface area contributed by atoms with Gasteiger partial charge in [0.2, 0.25) is 0 Å². The lowest BCUT2D eigenvalue weighted by Crippen LogP contribution is -2.03. The van der Waals surface area contributed by atoms with Crippen LogP contribution in [0.5, 0.6) is 0 Å². The summed E-state index contributed by atoms with van der Waals surface area (Å²) in [6.45, 7) is 10.7. The molecule has 2 nitrogen and oxygen atoms in total. The van der Waals surface area contributed by atoms with Gasteiger partial charge in [-0.25, -0.2) is 0 Å². The predicted octanol–water partition coefficient (Wildman–Crippen LogP) is 6.02. The number of benzene rings is 2. The van der Waals surface area contributed by atoms with Crippen LogP contribution in [0.3, 0.4) is 0 Å². The van der Waals surface area contributed by atoms with E-state index in [1.165, 1.54) is 39.3 Å². The molecule has 0 aliphatic heterocycles. The van der Waals surface area contributed by atoms with Crippen molar-refractivity contribution in [3.05, 3.63) is 82.2 Å². The van der Waals surface area contributed by atoms with E-state index in [0.29, 0.717) is 0 Å². The Morgan fingerprint density at radius 3 is 2.48 bits per heavy atom. The van der Waals surface area contributed by atoms with Gasteiger partial charge in [-0.15, -0.1) is 0 Å². The third-order valence-corrected chi connectivity index (χ3v) is 4.79. The first-order valence-electron chi connectivity index (χ1n) is 8.89. The topological polar surface area (TPSA) is 17.3 Å². The van der Waals surface area contributed by atoms with Gasteiger partial charge in [0.1, 0.15) is 0 Å². The van der Waals surface area contributed by atoms with Crippen molar-refractivity contribution in [2.75, 3.05) is 0 Å². The van der Waals surface area contributed by atoms with E-state index in [0.717, 1.165) is 12.1 Å². The Hall–Kier alpha value is -2.61. The van der Waals surface area contributed by atoms with Crippen molar-refractivity contribution < 1.29 is 0 Å². The van der Waals surface area contributed by atoms with E-state index in [-0.39, 0.29) is 0 Å². The second kappa shape index (κ2) is 7.10. The molecule has 3 rings (SSSR count). The molecule has 3 aromatic rings. The minimum absolute atomic E-state index is 1.03. The average molecular weight is 330 g/mol. The number of rotatable bonds is 4. The van der Waals surface area contributed by atoms with Gasteiger partial charge in [-0.3, -0.25) is 4.99 Å². The number of aryl methyl sites for hydroxylation is 4. The van der Waals surface area contributed by atoms with Crippen LogP contribution in [-0.4, -0.2) is 10.8 Å². The number of hydrogen-bond acceptors (Lipinski definition) is 1. The Kier molecular flexibility index (Phi) is 4.89. The quantitative estimate of drug-likeness (QED) is 0.520. The monoisotopic (exact) mass is 330 g/mol. The molecule has 1 aromatic heterocycles. The highest BCUT2D eigenvalue weighted by Gasteiger charge is 2.11. The number of aromatic nitrogens is 1. The molecular weight excluding hydrogens is 304 g/mol. The maximum absolute atomic E-state index is 4.75. The molecule has 0 amide bonds. The smallest absolute Gasteiger partial charge is 0.0661 e. The maximum Gasteiger partial charge on any atom is 0.0661 e. The Morgan fingerprint density at radius 1 is 0.960 bits per heavy atom. The van der Waals surface area contributed by atoms with Gasteiger partial charge in [-0.1, -0.05) is 37.3 Å². The zero-order valence-corrected chi connectivity index (χ0v) is 15.8. The molecule has 0 aliphatic rings. The molecule has 0 atom stereocenters. The van der Waals surface area contributed by atoms with Crippen molar-refractivity contribution in [3.8, 4) is 5.69 Å². The standard InChI is InChI=1S/C23H26N2/c1-6-20-9-7-8-10-23(20)25-18(4)14-21(19(25)5)15-24-22-13-16(2)11-12-17(22)3/h7-15H,6H2,1-5H3. The van der Waals surface area contributed by atoms with Crippen LogP contribution in [0.25, 0.3) is 5.69 Å². The van der Waals surface area contributed by atoms with Crippen LogP contribution >= 0.6 is 0 Å². The van der Waals surface area contributed by atoms with E-state index < -0.39 is 0 Å². The zero-order chi connectivity index (χ0) is 18.0. The molecule has 0 N–H and O–H groups in total. The van der Waals surface area contributed by atoms with Gasteiger partial charge in [0, 0.05) is 28.9 Å². The summed E-state index contributed by atoms with van der Waals surface area (Å²) in [6, 6.07) is 17.2. The van der Waals surface area contributed by atoms with Gasteiger partial charge in [0.25, 0.3) is 0 Å². The lowest BCUT2D eigenvalue weighted by atomic mass is 10.1. The largest absolute Gasteiger partial charge is 0.318 e. The summed E-state index contributed by atoms with van der Waals surface area (Å²) in [5.74, 6) is 0. The minimum Gasteiger partial charge on any atom is -0.318 e. The molecule has 0 saturated carbocycles. The molecule has 2 heteroatoms. The maximum atomic E-state index is 4.75. The molecule has 2 aromatic carbocycles. The number of nitrogens with zero attached hydrogens (tertiary/aromatic N) is 2. The lowest BCUT2D eigenvalue weighted by molar-refractivity contribution is 0.937. The number of para-hydroxylation sites is 1. The number of aliphatic imine (C=N–C) groups is 1. The summed E-state index contributed by atoms with van der Waals surface area (Å²) in [5, 5.41) is 0. The van der Waals surface area contributed by atoms with E-state index in [1.54, 1.807) is 0 Å². The van der Waals surface area contributed by atoms with Gasteiger partial charge in [0.15, 0.2) is 0 Å². The van der Waals surface area contributed by atoms with Gasteiger partial charge < -0.3 is 4.57 Å². The van der Waals surface area contributed by atoms with Crippen molar-refractivity contribution >= 4 is 11.9 Å². The van der Waals surface area contributed by atoms with Crippen LogP contribution < -0.4 is 0 Å². The van der Waals surface area contributed by atoms with Crippen LogP contribution in [0.15, 0.2) is 53.5 Å².